The molecule has 0 fully saturated rings. The average Bonchev–Trinajstić information content (AvgIpc) is 2.91. The van der Waals surface area contributed by atoms with Gasteiger partial charge in [0.25, 0.3) is 10.0 Å². The van der Waals surface area contributed by atoms with Crippen LogP contribution in [0.2, 0.25) is 0 Å². The third kappa shape index (κ3) is 4.30. The molecule has 1 heterocycles. The maximum Gasteiger partial charge on any atom is 0.262 e. The van der Waals surface area contributed by atoms with Gasteiger partial charge in [-0.1, -0.05) is 25.1 Å². The van der Waals surface area contributed by atoms with Gasteiger partial charge in [-0.15, -0.1) is 11.3 Å². The molecule has 0 unspecified atom stereocenters. The van der Waals surface area contributed by atoms with Gasteiger partial charge in [-0.25, -0.2) is 8.42 Å². The van der Waals surface area contributed by atoms with Crippen LogP contribution in [0.25, 0.3) is 0 Å². The van der Waals surface area contributed by atoms with Crippen molar-refractivity contribution in [1.29, 1.82) is 0 Å². The van der Waals surface area contributed by atoms with Crippen molar-refractivity contribution in [2.75, 3.05) is 11.3 Å². The molecule has 1 aromatic carbocycles. The Morgan fingerprint density at radius 1 is 1.24 bits per heavy atom. The zero-order chi connectivity index (χ0) is 15.3. The van der Waals surface area contributed by atoms with Gasteiger partial charge in [0.05, 0.1) is 10.6 Å². The largest absolute Gasteiger partial charge is 0.312 e. The third-order valence-electron chi connectivity index (χ3n) is 3.06. The molecule has 0 saturated carbocycles. The predicted molar refractivity (Wildman–Crippen MR) is 88.3 cm³/mol. The van der Waals surface area contributed by atoms with Crippen LogP contribution in [-0.2, 0) is 16.6 Å². The Bertz CT molecular complexity index is 693. The van der Waals surface area contributed by atoms with Crippen LogP contribution >= 0.6 is 11.3 Å². The fourth-order valence-corrected chi connectivity index (χ4v) is 4.25. The Hall–Kier alpha value is -1.37. The number of para-hydroxylation sites is 1. The van der Waals surface area contributed by atoms with E-state index in [1.807, 2.05) is 25.1 Å². The van der Waals surface area contributed by atoms with Crippen molar-refractivity contribution >= 4 is 27.0 Å². The number of sulfonamides is 1. The number of rotatable bonds is 7. The molecule has 0 radical (unpaired) electrons. The van der Waals surface area contributed by atoms with Crippen LogP contribution in [0.5, 0.6) is 0 Å². The summed E-state index contributed by atoms with van der Waals surface area (Å²) in [6.07, 6.45) is 1.06. The molecule has 114 valence electrons. The summed E-state index contributed by atoms with van der Waals surface area (Å²) in [5.74, 6) is 0. The van der Waals surface area contributed by atoms with Crippen molar-refractivity contribution in [2.45, 2.75) is 31.7 Å². The second-order valence-corrected chi connectivity index (χ2v) is 7.52. The van der Waals surface area contributed by atoms with E-state index >= 15 is 0 Å². The highest BCUT2D eigenvalue weighted by atomic mass is 32.2. The lowest BCUT2D eigenvalue weighted by atomic mass is 10.2. The van der Waals surface area contributed by atoms with E-state index < -0.39 is 10.0 Å². The van der Waals surface area contributed by atoms with E-state index in [2.05, 4.69) is 17.0 Å². The monoisotopic (exact) mass is 324 g/mol. The fourth-order valence-electron chi connectivity index (χ4n) is 1.87. The second-order valence-electron chi connectivity index (χ2n) is 4.85. The van der Waals surface area contributed by atoms with Crippen molar-refractivity contribution in [3.05, 3.63) is 46.2 Å². The molecule has 0 aliphatic carbocycles. The summed E-state index contributed by atoms with van der Waals surface area (Å²) in [7, 11) is -3.51. The van der Waals surface area contributed by atoms with Gasteiger partial charge < -0.3 is 5.32 Å². The molecule has 0 amide bonds. The first-order valence-corrected chi connectivity index (χ1v) is 9.26. The Morgan fingerprint density at radius 3 is 2.71 bits per heavy atom. The number of anilines is 1. The SMILES string of the molecule is CCCNCc1cc(S(=O)(=O)Nc2ccccc2C)cs1. The summed E-state index contributed by atoms with van der Waals surface area (Å²) < 4.78 is 27.4. The Morgan fingerprint density at radius 2 is 2.00 bits per heavy atom. The van der Waals surface area contributed by atoms with E-state index in [1.54, 1.807) is 17.5 Å². The smallest absolute Gasteiger partial charge is 0.262 e. The lowest BCUT2D eigenvalue weighted by Gasteiger charge is -2.08. The molecule has 1 aromatic heterocycles. The Labute approximate surface area is 130 Å². The highest BCUT2D eigenvalue weighted by molar-refractivity contribution is 7.92. The molecule has 4 nitrogen and oxygen atoms in total. The molecule has 21 heavy (non-hydrogen) atoms. The van der Waals surface area contributed by atoms with Crippen LogP contribution in [-0.4, -0.2) is 15.0 Å². The first kappa shape index (κ1) is 16.0. The lowest BCUT2D eigenvalue weighted by Crippen LogP contribution is -2.14. The first-order valence-electron chi connectivity index (χ1n) is 6.89. The topological polar surface area (TPSA) is 58.2 Å². The maximum atomic E-state index is 12.4. The molecule has 6 heteroatoms. The van der Waals surface area contributed by atoms with E-state index in [-0.39, 0.29) is 0 Å². The number of hydrogen-bond donors (Lipinski definition) is 2. The van der Waals surface area contributed by atoms with Gasteiger partial charge >= 0.3 is 0 Å². The summed E-state index contributed by atoms with van der Waals surface area (Å²) >= 11 is 1.46. The van der Waals surface area contributed by atoms with Gasteiger partial charge in [0.1, 0.15) is 0 Å². The highest BCUT2D eigenvalue weighted by Crippen LogP contribution is 2.23. The van der Waals surface area contributed by atoms with Gasteiger partial charge in [0, 0.05) is 16.8 Å². The molecule has 2 rings (SSSR count). The number of nitrogens with one attached hydrogen (secondary N) is 2. The Balaban J connectivity index is 2.11. The van der Waals surface area contributed by atoms with Crippen molar-refractivity contribution in [3.63, 3.8) is 0 Å². The zero-order valence-corrected chi connectivity index (χ0v) is 13.9. The van der Waals surface area contributed by atoms with Crippen LogP contribution in [0.3, 0.4) is 0 Å². The van der Waals surface area contributed by atoms with E-state index in [9.17, 15) is 8.42 Å². The molecule has 2 aromatic rings. The van der Waals surface area contributed by atoms with Crippen LogP contribution in [0.4, 0.5) is 5.69 Å². The van der Waals surface area contributed by atoms with Crippen LogP contribution < -0.4 is 10.0 Å². The quantitative estimate of drug-likeness (QED) is 0.768. The second kappa shape index (κ2) is 7.06. The maximum absolute atomic E-state index is 12.4. The van der Waals surface area contributed by atoms with Gasteiger partial charge in [0.15, 0.2) is 0 Å². The fraction of sp³-hybridized carbons (Fsp3) is 0.333. The zero-order valence-electron chi connectivity index (χ0n) is 12.2. The predicted octanol–water partition coefficient (Wildman–Crippen LogP) is 3.36. The van der Waals surface area contributed by atoms with Gasteiger partial charge in [-0.3, -0.25) is 4.72 Å². The number of hydrogen-bond acceptors (Lipinski definition) is 4. The van der Waals surface area contributed by atoms with Crippen LogP contribution in [0.1, 0.15) is 23.8 Å². The van der Waals surface area contributed by atoms with E-state index in [1.165, 1.54) is 11.3 Å². The van der Waals surface area contributed by atoms with E-state index in [0.29, 0.717) is 17.1 Å². The van der Waals surface area contributed by atoms with Crippen molar-refractivity contribution in [2.24, 2.45) is 0 Å². The van der Waals surface area contributed by atoms with Gasteiger partial charge in [-0.05, 0) is 37.6 Å². The lowest BCUT2D eigenvalue weighted by molar-refractivity contribution is 0.601. The van der Waals surface area contributed by atoms with Gasteiger partial charge in [-0.2, -0.15) is 0 Å². The normalized spacial score (nSPS) is 11.5. The molecule has 0 spiro atoms. The minimum atomic E-state index is -3.51. The average molecular weight is 324 g/mol. The minimum absolute atomic E-state index is 0.323. The minimum Gasteiger partial charge on any atom is -0.312 e. The highest BCUT2D eigenvalue weighted by Gasteiger charge is 2.17. The molecule has 2 N–H and O–H groups in total. The van der Waals surface area contributed by atoms with Crippen molar-refractivity contribution in [3.8, 4) is 0 Å². The molecular weight excluding hydrogens is 304 g/mol. The molecule has 0 saturated heterocycles. The van der Waals surface area contributed by atoms with E-state index in [0.717, 1.165) is 23.4 Å². The van der Waals surface area contributed by atoms with Crippen molar-refractivity contribution < 1.29 is 8.42 Å². The number of benzene rings is 1. The summed E-state index contributed by atoms with van der Waals surface area (Å²) in [4.78, 5) is 1.35. The molecule has 0 aliphatic heterocycles. The molecule has 0 bridgehead atoms. The first-order chi connectivity index (χ1) is 10.0. The molecule has 0 atom stereocenters. The van der Waals surface area contributed by atoms with Crippen LogP contribution in [0.15, 0.2) is 40.6 Å². The summed E-state index contributed by atoms with van der Waals surface area (Å²) in [5, 5.41) is 4.95. The Kier molecular flexibility index (Phi) is 5.39. The molecule has 0 aliphatic rings. The summed E-state index contributed by atoms with van der Waals surface area (Å²) in [6.45, 7) is 5.62. The van der Waals surface area contributed by atoms with E-state index in [4.69, 9.17) is 0 Å². The standard InChI is InChI=1S/C15H20N2O2S2/c1-3-8-16-10-13-9-14(11-20-13)21(18,19)17-15-7-5-4-6-12(15)2/h4-7,9,11,16-17H,3,8,10H2,1-2H3. The van der Waals surface area contributed by atoms with Gasteiger partial charge in [0.2, 0.25) is 0 Å². The van der Waals surface area contributed by atoms with Crippen molar-refractivity contribution in [1.82, 2.24) is 5.32 Å². The summed E-state index contributed by atoms with van der Waals surface area (Å²) in [6, 6.07) is 9.08. The number of thiophene rings is 1. The third-order valence-corrected chi connectivity index (χ3v) is 5.49. The molecular formula is C15H20N2O2S2. The van der Waals surface area contributed by atoms with Crippen LogP contribution in [0, 0.1) is 6.92 Å². The number of aryl methyl sites for hydroxylation is 1. The summed E-state index contributed by atoms with van der Waals surface area (Å²) in [5.41, 5.74) is 1.52.